The standard InChI is InChI=1S/C18H26N2O/c1-6-18(4,5)21-17-11-14(12-19-13(2)3)20-16-10-8-7-9-15(16)17/h7-11,13,19H,6,12H2,1-5H3. The Bertz CT molecular complexity index is 605. The summed E-state index contributed by atoms with van der Waals surface area (Å²) in [6, 6.07) is 10.7. The average Bonchev–Trinajstić information content (AvgIpc) is 2.45. The zero-order valence-corrected chi connectivity index (χ0v) is 13.7. The first kappa shape index (κ1) is 15.8. The summed E-state index contributed by atoms with van der Waals surface area (Å²) in [5, 5.41) is 4.49. The SMILES string of the molecule is CCC(C)(C)Oc1cc(CNC(C)C)nc2ccccc12. The number of aromatic nitrogens is 1. The van der Waals surface area contributed by atoms with Gasteiger partial charge in [-0.2, -0.15) is 0 Å². The number of pyridine rings is 1. The highest BCUT2D eigenvalue weighted by atomic mass is 16.5. The van der Waals surface area contributed by atoms with Crippen molar-refractivity contribution in [2.24, 2.45) is 0 Å². The molecule has 114 valence electrons. The number of ether oxygens (including phenoxy) is 1. The van der Waals surface area contributed by atoms with Crippen LogP contribution in [0, 0.1) is 0 Å². The third-order valence-electron chi connectivity index (χ3n) is 3.66. The molecule has 2 rings (SSSR count). The van der Waals surface area contributed by atoms with E-state index in [0.29, 0.717) is 6.04 Å². The van der Waals surface area contributed by atoms with Gasteiger partial charge in [0.1, 0.15) is 11.4 Å². The van der Waals surface area contributed by atoms with Gasteiger partial charge < -0.3 is 10.1 Å². The zero-order chi connectivity index (χ0) is 15.5. The van der Waals surface area contributed by atoms with Gasteiger partial charge in [-0.3, -0.25) is 4.98 Å². The van der Waals surface area contributed by atoms with Crippen molar-refractivity contribution >= 4 is 10.9 Å². The van der Waals surface area contributed by atoms with E-state index in [2.05, 4.69) is 52.1 Å². The lowest BCUT2D eigenvalue weighted by Crippen LogP contribution is -2.27. The van der Waals surface area contributed by atoms with E-state index in [-0.39, 0.29) is 5.60 Å². The van der Waals surface area contributed by atoms with Gasteiger partial charge in [-0.05, 0) is 32.4 Å². The number of nitrogens with zero attached hydrogens (tertiary/aromatic N) is 1. The van der Waals surface area contributed by atoms with Crippen molar-refractivity contribution in [1.29, 1.82) is 0 Å². The lowest BCUT2D eigenvalue weighted by Gasteiger charge is -2.26. The molecule has 0 amide bonds. The van der Waals surface area contributed by atoms with Crippen LogP contribution in [0.4, 0.5) is 0 Å². The Balaban J connectivity index is 2.40. The van der Waals surface area contributed by atoms with Gasteiger partial charge in [0.2, 0.25) is 0 Å². The van der Waals surface area contributed by atoms with Crippen LogP contribution in [0.25, 0.3) is 10.9 Å². The minimum Gasteiger partial charge on any atom is -0.487 e. The smallest absolute Gasteiger partial charge is 0.131 e. The molecule has 3 heteroatoms. The van der Waals surface area contributed by atoms with Crippen LogP contribution in [0.2, 0.25) is 0 Å². The Labute approximate surface area is 127 Å². The summed E-state index contributed by atoms with van der Waals surface area (Å²) in [4.78, 5) is 4.72. The van der Waals surface area contributed by atoms with Gasteiger partial charge >= 0.3 is 0 Å². The van der Waals surface area contributed by atoms with Gasteiger partial charge in [-0.1, -0.05) is 32.9 Å². The van der Waals surface area contributed by atoms with Crippen molar-refractivity contribution in [3.05, 3.63) is 36.0 Å². The minimum atomic E-state index is -0.174. The topological polar surface area (TPSA) is 34.1 Å². The van der Waals surface area contributed by atoms with E-state index < -0.39 is 0 Å². The lowest BCUT2D eigenvalue weighted by molar-refractivity contribution is 0.107. The largest absolute Gasteiger partial charge is 0.487 e. The third-order valence-corrected chi connectivity index (χ3v) is 3.66. The maximum atomic E-state index is 6.24. The van der Waals surface area contributed by atoms with Crippen LogP contribution >= 0.6 is 0 Å². The summed E-state index contributed by atoms with van der Waals surface area (Å²) in [5.41, 5.74) is 1.83. The molecule has 1 N–H and O–H groups in total. The second-order valence-corrected chi connectivity index (χ2v) is 6.38. The second-order valence-electron chi connectivity index (χ2n) is 6.38. The lowest BCUT2D eigenvalue weighted by atomic mass is 10.1. The van der Waals surface area contributed by atoms with Gasteiger partial charge in [-0.15, -0.1) is 0 Å². The molecule has 0 aliphatic heterocycles. The molecule has 0 spiro atoms. The first-order valence-corrected chi connectivity index (χ1v) is 7.72. The monoisotopic (exact) mass is 286 g/mol. The van der Waals surface area contributed by atoms with E-state index in [1.165, 1.54) is 0 Å². The van der Waals surface area contributed by atoms with Crippen LogP contribution in [0.15, 0.2) is 30.3 Å². The van der Waals surface area contributed by atoms with Crippen molar-refractivity contribution in [2.45, 2.75) is 59.2 Å². The van der Waals surface area contributed by atoms with Gasteiger partial charge in [-0.25, -0.2) is 0 Å². The first-order valence-electron chi connectivity index (χ1n) is 7.72. The molecule has 0 fully saturated rings. The second kappa shape index (κ2) is 6.44. The minimum absolute atomic E-state index is 0.174. The summed E-state index contributed by atoms with van der Waals surface area (Å²) in [6.07, 6.45) is 0.962. The molecular formula is C18H26N2O. The van der Waals surface area contributed by atoms with Crippen molar-refractivity contribution in [2.75, 3.05) is 0 Å². The maximum absolute atomic E-state index is 6.24. The number of nitrogens with one attached hydrogen (secondary N) is 1. The summed E-state index contributed by atoms with van der Waals surface area (Å²) in [5.74, 6) is 0.924. The van der Waals surface area contributed by atoms with E-state index in [1.54, 1.807) is 0 Å². The Morgan fingerprint density at radius 3 is 2.62 bits per heavy atom. The molecule has 21 heavy (non-hydrogen) atoms. The van der Waals surface area contributed by atoms with Gasteiger partial charge in [0.25, 0.3) is 0 Å². The first-order chi connectivity index (χ1) is 9.91. The van der Waals surface area contributed by atoms with Crippen molar-refractivity contribution < 1.29 is 4.74 Å². The van der Waals surface area contributed by atoms with E-state index >= 15 is 0 Å². The number of fused-ring (bicyclic) bond motifs is 1. The third kappa shape index (κ3) is 4.18. The van der Waals surface area contributed by atoms with Crippen molar-refractivity contribution in [1.82, 2.24) is 10.3 Å². The fourth-order valence-electron chi connectivity index (χ4n) is 2.05. The molecule has 0 saturated carbocycles. The summed E-state index contributed by atoms with van der Waals surface area (Å²) >= 11 is 0. The fraction of sp³-hybridized carbons (Fsp3) is 0.500. The fourth-order valence-corrected chi connectivity index (χ4v) is 2.05. The van der Waals surface area contributed by atoms with Crippen LogP contribution in [0.5, 0.6) is 5.75 Å². The quantitative estimate of drug-likeness (QED) is 0.859. The molecule has 0 unspecified atom stereocenters. The molecule has 1 heterocycles. The Kier molecular flexibility index (Phi) is 4.84. The summed E-state index contributed by atoms with van der Waals surface area (Å²) in [7, 11) is 0. The highest BCUT2D eigenvalue weighted by Crippen LogP contribution is 2.29. The molecule has 0 saturated heterocycles. The van der Waals surface area contributed by atoms with Crippen LogP contribution in [-0.2, 0) is 6.54 Å². The number of para-hydroxylation sites is 1. The molecule has 2 aromatic rings. The normalized spacial score (nSPS) is 12.1. The predicted molar refractivity (Wildman–Crippen MR) is 88.7 cm³/mol. The van der Waals surface area contributed by atoms with E-state index in [9.17, 15) is 0 Å². The molecule has 1 aromatic carbocycles. The van der Waals surface area contributed by atoms with Crippen molar-refractivity contribution in [3.63, 3.8) is 0 Å². The van der Waals surface area contributed by atoms with Crippen LogP contribution in [0.3, 0.4) is 0 Å². The highest BCUT2D eigenvalue weighted by molar-refractivity contribution is 5.85. The number of hydrogen-bond acceptors (Lipinski definition) is 3. The molecular weight excluding hydrogens is 260 g/mol. The molecule has 0 bridgehead atoms. The van der Waals surface area contributed by atoms with Crippen LogP contribution in [0.1, 0.15) is 46.7 Å². The van der Waals surface area contributed by atoms with E-state index in [0.717, 1.165) is 35.3 Å². The zero-order valence-electron chi connectivity index (χ0n) is 13.7. The highest BCUT2D eigenvalue weighted by Gasteiger charge is 2.19. The Morgan fingerprint density at radius 1 is 1.24 bits per heavy atom. The van der Waals surface area contributed by atoms with Gasteiger partial charge in [0, 0.05) is 24.0 Å². The van der Waals surface area contributed by atoms with Crippen molar-refractivity contribution in [3.8, 4) is 5.75 Å². The molecule has 3 nitrogen and oxygen atoms in total. The van der Waals surface area contributed by atoms with E-state index in [1.807, 2.05) is 18.2 Å². The predicted octanol–water partition coefficient (Wildman–Crippen LogP) is 4.30. The van der Waals surface area contributed by atoms with Gasteiger partial charge in [0.05, 0.1) is 11.2 Å². The molecule has 0 radical (unpaired) electrons. The molecule has 0 aliphatic carbocycles. The number of rotatable bonds is 6. The Hall–Kier alpha value is -1.61. The molecule has 1 aromatic heterocycles. The van der Waals surface area contributed by atoms with E-state index in [4.69, 9.17) is 9.72 Å². The maximum Gasteiger partial charge on any atom is 0.131 e. The van der Waals surface area contributed by atoms with Crippen LogP contribution in [-0.4, -0.2) is 16.6 Å². The molecule has 0 aliphatic rings. The Morgan fingerprint density at radius 2 is 1.95 bits per heavy atom. The summed E-state index contributed by atoms with van der Waals surface area (Å²) in [6.45, 7) is 11.4. The number of hydrogen-bond donors (Lipinski definition) is 1. The van der Waals surface area contributed by atoms with Gasteiger partial charge in [0.15, 0.2) is 0 Å². The average molecular weight is 286 g/mol. The number of benzene rings is 1. The summed E-state index contributed by atoms with van der Waals surface area (Å²) < 4.78 is 6.24. The molecule has 0 atom stereocenters. The van der Waals surface area contributed by atoms with Crippen LogP contribution < -0.4 is 10.1 Å².